The van der Waals surface area contributed by atoms with Crippen LogP contribution in [0.2, 0.25) is 0 Å². The van der Waals surface area contributed by atoms with E-state index in [-0.39, 0.29) is 52.6 Å². The predicted molar refractivity (Wildman–Crippen MR) is 156 cm³/mol. The van der Waals surface area contributed by atoms with Gasteiger partial charge in [0.25, 0.3) is 28.2 Å². The first kappa shape index (κ1) is 29.4. The minimum absolute atomic E-state index is 0.0130. The Morgan fingerprint density at radius 1 is 1.00 bits per heavy atom. The van der Waals surface area contributed by atoms with Gasteiger partial charge in [0.15, 0.2) is 5.65 Å². The summed E-state index contributed by atoms with van der Waals surface area (Å²) in [6.45, 7) is 1.48. The number of fused-ring (bicyclic) bond motifs is 1. The van der Waals surface area contributed by atoms with Crippen LogP contribution in [0.4, 0.5) is 15.8 Å². The SMILES string of the molecule is C[C@@H](NC(=O)c1cc(C(=O)NCc2ccc(F)c(CNc3c(N)c(=O)c3=O)c2)nc2cc(=O)[nH]n12)c1ccc(C(=O)O)cc1. The van der Waals surface area contributed by atoms with E-state index in [1.54, 1.807) is 19.1 Å². The second-order valence-electron chi connectivity index (χ2n) is 9.87. The Morgan fingerprint density at radius 3 is 2.41 bits per heavy atom. The molecule has 0 aliphatic rings. The van der Waals surface area contributed by atoms with Crippen LogP contribution in [0, 0.1) is 5.82 Å². The van der Waals surface area contributed by atoms with E-state index < -0.39 is 46.1 Å². The first-order valence-corrected chi connectivity index (χ1v) is 13.1. The van der Waals surface area contributed by atoms with Gasteiger partial charge in [0, 0.05) is 30.8 Å². The van der Waals surface area contributed by atoms with Crippen LogP contribution in [0.1, 0.15) is 61.0 Å². The van der Waals surface area contributed by atoms with E-state index in [2.05, 4.69) is 26.0 Å². The van der Waals surface area contributed by atoms with Gasteiger partial charge in [0.1, 0.15) is 28.6 Å². The van der Waals surface area contributed by atoms with Crippen molar-refractivity contribution in [3.63, 3.8) is 0 Å². The minimum Gasteiger partial charge on any atom is -0.478 e. The molecule has 5 rings (SSSR count). The highest BCUT2D eigenvalue weighted by atomic mass is 19.1. The molecule has 2 aromatic heterocycles. The van der Waals surface area contributed by atoms with Gasteiger partial charge in [-0.2, -0.15) is 0 Å². The number of hydrogen-bond donors (Lipinski definition) is 6. The Bertz CT molecular complexity index is 2080. The zero-order valence-electron chi connectivity index (χ0n) is 22.9. The molecule has 0 fully saturated rings. The molecule has 0 saturated heterocycles. The number of aromatic carboxylic acids is 1. The van der Waals surface area contributed by atoms with Crippen molar-refractivity contribution in [1.29, 1.82) is 0 Å². The van der Waals surface area contributed by atoms with Gasteiger partial charge in [-0.3, -0.25) is 29.1 Å². The largest absolute Gasteiger partial charge is 0.478 e. The lowest BCUT2D eigenvalue weighted by Crippen LogP contribution is -2.37. The van der Waals surface area contributed by atoms with Crippen LogP contribution in [0.3, 0.4) is 0 Å². The normalized spacial score (nSPS) is 11.8. The van der Waals surface area contributed by atoms with Gasteiger partial charge in [-0.1, -0.05) is 18.2 Å². The van der Waals surface area contributed by atoms with Gasteiger partial charge in [-0.05, 0) is 42.3 Å². The van der Waals surface area contributed by atoms with Crippen LogP contribution in [-0.2, 0) is 13.1 Å². The van der Waals surface area contributed by atoms with Crippen molar-refractivity contribution < 1.29 is 23.9 Å². The zero-order chi connectivity index (χ0) is 31.7. The minimum atomic E-state index is -1.09. The van der Waals surface area contributed by atoms with E-state index in [1.165, 1.54) is 36.4 Å². The molecule has 44 heavy (non-hydrogen) atoms. The number of carbonyl (C=O) groups is 3. The molecule has 15 heteroatoms. The molecule has 3 aromatic carbocycles. The third-order valence-corrected chi connectivity index (χ3v) is 6.90. The number of benzene rings is 2. The molecule has 2 amide bonds. The van der Waals surface area contributed by atoms with Gasteiger partial charge >= 0.3 is 5.97 Å². The van der Waals surface area contributed by atoms with E-state index in [1.807, 2.05) is 0 Å². The molecule has 0 saturated carbocycles. The van der Waals surface area contributed by atoms with E-state index in [0.29, 0.717) is 11.1 Å². The Balaban J connectivity index is 1.31. The standard InChI is InChI=1S/C29H24FN7O7/c1-13(15-3-5-16(6-4-15)29(43)44)34-28(42)20-9-19(35-21-10-22(38)36-37(20)21)27(41)33-11-14-2-7-18(30)17(8-14)12-32-24-23(31)25(39)26(24)40/h2-10,13,32H,11-12,31H2,1H3,(H,33,41)(H,34,42)(H,36,38)(H,43,44)/t13-/m1/s1. The number of nitrogen functional groups attached to an aromatic ring is 1. The zero-order valence-corrected chi connectivity index (χ0v) is 22.9. The van der Waals surface area contributed by atoms with Crippen LogP contribution in [0.15, 0.2) is 69.0 Å². The van der Waals surface area contributed by atoms with Crippen LogP contribution in [-0.4, -0.2) is 37.5 Å². The second-order valence-corrected chi connectivity index (χ2v) is 9.87. The fourth-order valence-electron chi connectivity index (χ4n) is 4.46. The summed E-state index contributed by atoms with van der Waals surface area (Å²) in [5, 5.41) is 19.6. The third-order valence-electron chi connectivity index (χ3n) is 6.90. The molecule has 2 heterocycles. The molecular weight excluding hydrogens is 577 g/mol. The number of carbonyl (C=O) groups excluding carboxylic acids is 2. The first-order chi connectivity index (χ1) is 20.9. The molecule has 7 N–H and O–H groups in total. The lowest BCUT2D eigenvalue weighted by atomic mass is 10.1. The molecule has 0 aliphatic carbocycles. The summed E-state index contributed by atoms with van der Waals surface area (Å²) in [7, 11) is 0. The Hall–Kier alpha value is -6.12. The van der Waals surface area contributed by atoms with Gasteiger partial charge in [0.2, 0.25) is 0 Å². The highest BCUT2D eigenvalue weighted by molar-refractivity contribution is 5.98. The summed E-state index contributed by atoms with van der Waals surface area (Å²) in [6, 6.07) is 11.8. The van der Waals surface area contributed by atoms with E-state index in [0.717, 1.165) is 10.6 Å². The quantitative estimate of drug-likeness (QED) is 0.125. The Labute approximate surface area is 246 Å². The number of nitrogens with zero attached hydrogens (tertiary/aromatic N) is 2. The summed E-state index contributed by atoms with van der Waals surface area (Å²) in [5.41, 5.74) is 4.15. The average Bonchev–Trinajstić information content (AvgIpc) is 3.40. The monoisotopic (exact) mass is 601 g/mol. The number of hydrogen-bond acceptors (Lipinski definition) is 9. The van der Waals surface area contributed by atoms with Crippen molar-refractivity contribution in [3.8, 4) is 0 Å². The molecule has 0 aliphatic heterocycles. The molecule has 14 nitrogen and oxygen atoms in total. The number of nitrogens with one attached hydrogen (secondary N) is 4. The summed E-state index contributed by atoms with van der Waals surface area (Å²) in [5.74, 6) is -3.01. The number of H-pyrrole nitrogens is 1. The van der Waals surface area contributed by atoms with Gasteiger partial charge in [-0.25, -0.2) is 18.7 Å². The van der Waals surface area contributed by atoms with Crippen molar-refractivity contribution in [3.05, 3.63) is 125 Å². The van der Waals surface area contributed by atoms with Crippen LogP contribution in [0.25, 0.3) is 5.65 Å². The number of rotatable bonds is 10. The summed E-state index contributed by atoms with van der Waals surface area (Å²) >= 11 is 0. The molecule has 5 aromatic rings. The van der Waals surface area contributed by atoms with Crippen molar-refractivity contribution >= 4 is 34.8 Å². The number of amides is 2. The predicted octanol–water partition coefficient (Wildman–Crippen LogP) is 1.07. The first-order valence-electron chi connectivity index (χ1n) is 13.1. The highest BCUT2D eigenvalue weighted by Crippen LogP contribution is 2.17. The topological polar surface area (TPSA) is 218 Å². The molecule has 0 radical (unpaired) electrons. The molecule has 1 atom stereocenters. The maximum absolute atomic E-state index is 14.4. The third kappa shape index (κ3) is 5.78. The van der Waals surface area contributed by atoms with Crippen molar-refractivity contribution in [2.24, 2.45) is 0 Å². The maximum atomic E-state index is 14.4. The van der Waals surface area contributed by atoms with Gasteiger partial charge in [-0.15, -0.1) is 0 Å². The number of carboxylic acid groups (broad SMARTS) is 1. The van der Waals surface area contributed by atoms with Crippen molar-refractivity contribution in [1.82, 2.24) is 25.2 Å². The Morgan fingerprint density at radius 2 is 1.73 bits per heavy atom. The maximum Gasteiger partial charge on any atom is 0.335 e. The van der Waals surface area contributed by atoms with Crippen molar-refractivity contribution in [2.75, 3.05) is 11.1 Å². The van der Waals surface area contributed by atoms with Gasteiger partial charge < -0.3 is 26.8 Å². The number of nitrogens with two attached hydrogens (primary N) is 1. The van der Waals surface area contributed by atoms with Crippen LogP contribution < -0.4 is 38.1 Å². The van der Waals surface area contributed by atoms with E-state index in [9.17, 15) is 33.2 Å². The number of aromatic nitrogens is 3. The number of halogens is 1. The molecular formula is C29H24FN7O7. The lowest BCUT2D eigenvalue weighted by molar-refractivity contribution is 0.0696. The number of carboxylic acids is 1. The molecule has 0 spiro atoms. The lowest BCUT2D eigenvalue weighted by Gasteiger charge is -2.16. The summed E-state index contributed by atoms with van der Waals surface area (Å²) in [4.78, 5) is 76.5. The fraction of sp³-hybridized carbons (Fsp3) is 0.138. The summed E-state index contributed by atoms with van der Waals surface area (Å²) in [6.07, 6.45) is 0. The Kier molecular flexibility index (Phi) is 7.77. The number of aromatic amines is 1. The molecule has 224 valence electrons. The smallest absolute Gasteiger partial charge is 0.335 e. The van der Waals surface area contributed by atoms with Crippen LogP contribution in [0.5, 0.6) is 0 Å². The second kappa shape index (κ2) is 11.6. The van der Waals surface area contributed by atoms with E-state index >= 15 is 0 Å². The van der Waals surface area contributed by atoms with Crippen molar-refractivity contribution in [2.45, 2.75) is 26.1 Å². The average molecular weight is 602 g/mol. The molecule has 0 unspecified atom stereocenters. The fourth-order valence-corrected chi connectivity index (χ4v) is 4.46. The molecule has 0 bridgehead atoms. The summed E-state index contributed by atoms with van der Waals surface area (Å²) < 4.78 is 15.5. The van der Waals surface area contributed by atoms with Crippen LogP contribution >= 0.6 is 0 Å². The number of anilines is 2. The van der Waals surface area contributed by atoms with E-state index in [4.69, 9.17) is 10.8 Å². The van der Waals surface area contributed by atoms with Gasteiger partial charge in [0.05, 0.1) is 11.6 Å². The highest BCUT2D eigenvalue weighted by Gasteiger charge is 2.21.